The van der Waals surface area contributed by atoms with Crippen molar-refractivity contribution in [2.75, 3.05) is 0 Å². The molecule has 1 heterocycles. The van der Waals surface area contributed by atoms with E-state index in [2.05, 4.69) is 51.8 Å². The molecule has 0 saturated heterocycles. The number of hydrogen-bond acceptors (Lipinski definition) is 1. The molecule has 0 spiro atoms. The van der Waals surface area contributed by atoms with Gasteiger partial charge in [0.1, 0.15) is 0 Å². The maximum Gasteiger partial charge on any atom is 0.0790 e. The fourth-order valence-corrected chi connectivity index (χ4v) is 2.56. The Bertz CT molecular complexity index is 541. The normalized spacial score (nSPS) is 15.2. The molecule has 1 aliphatic carbocycles. The van der Waals surface area contributed by atoms with Gasteiger partial charge in [-0.25, -0.2) is 4.68 Å². The Morgan fingerprint density at radius 2 is 2.12 bits per heavy atom. The summed E-state index contributed by atoms with van der Waals surface area (Å²) in [6.07, 6.45) is 3.61. The van der Waals surface area contributed by atoms with Crippen molar-refractivity contribution in [3.8, 4) is 5.69 Å². The molecule has 2 aromatic rings. The Morgan fingerprint density at radius 3 is 2.76 bits per heavy atom. The molecule has 0 radical (unpaired) electrons. The molecular weight excluding hydrogens is 276 g/mol. The molecule has 0 N–H and O–H groups in total. The van der Waals surface area contributed by atoms with Crippen molar-refractivity contribution >= 4 is 15.9 Å². The third-order valence-electron chi connectivity index (χ3n) is 3.23. The van der Waals surface area contributed by atoms with E-state index in [0.717, 1.165) is 22.5 Å². The number of aryl methyl sites for hydroxylation is 1. The van der Waals surface area contributed by atoms with E-state index >= 15 is 0 Å². The van der Waals surface area contributed by atoms with Crippen molar-refractivity contribution in [3.05, 3.63) is 46.2 Å². The van der Waals surface area contributed by atoms with E-state index in [9.17, 15) is 0 Å². The largest absolute Gasteiger partial charge is 0.236 e. The van der Waals surface area contributed by atoms with Crippen LogP contribution >= 0.6 is 15.9 Å². The molecule has 0 amide bonds. The van der Waals surface area contributed by atoms with Crippen LogP contribution in [0.15, 0.2) is 34.8 Å². The van der Waals surface area contributed by atoms with Crippen LogP contribution in [0.4, 0.5) is 0 Å². The van der Waals surface area contributed by atoms with Crippen LogP contribution in [0.3, 0.4) is 0 Å². The minimum atomic E-state index is 0.718. The van der Waals surface area contributed by atoms with Gasteiger partial charge >= 0.3 is 0 Å². The lowest BCUT2D eigenvalue weighted by Gasteiger charge is -2.08. The molecule has 1 fully saturated rings. The quantitative estimate of drug-likeness (QED) is 0.833. The highest BCUT2D eigenvalue weighted by Gasteiger charge is 2.28. The molecule has 17 heavy (non-hydrogen) atoms. The summed E-state index contributed by atoms with van der Waals surface area (Å²) >= 11 is 3.61. The predicted molar refractivity (Wildman–Crippen MR) is 72.6 cm³/mol. The lowest BCUT2D eigenvalue weighted by molar-refractivity contribution is 0.787. The molecular formula is C14H15BrN2. The van der Waals surface area contributed by atoms with Gasteiger partial charge in [-0.15, -0.1) is 0 Å². The topological polar surface area (TPSA) is 17.8 Å². The van der Waals surface area contributed by atoms with Crippen molar-refractivity contribution in [2.24, 2.45) is 0 Å². The van der Waals surface area contributed by atoms with Crippen molar-refractivity contribution < 1.29 is 0 Å². The Hall–Kier alpha value is -1.09. The molecule has 2 nitrogen and oxygen atoms in total. The zero-order valence-corrected chi connectivity index (χ0v) is 11.4. The summed E-state index contributed by atoms with van der Waals surface area (Å²) in [5.41, 5.74) is 3.70. The van der Waals surface area contributed by atoms with Gasteiger partial charge in [0.15, 0.2) is 0 Å². The minimum Gasteiger partial charge on any atom is -0.236 e. The Balaban J connectivity index is 2.12. The molecule has 3 heteroatoms. The van der Waals surface area contributed by atoms with E-state index in [4.69, 9.17) is 5.10 Å². The second kappa shape index (κ2) is 4.30. The zero-order valence-electron chi connectivity index (χ0n) is 9.86. The van der Waals surface area contributed by atoms with Gasteiger partial charge in [-0.1, -0.05) is 19.1 Å². The van der Waals surface area contributed by atoms with E-state index in [1.807, 2.05) is 6.07 Å². The van der Waals surface area contributed by atoms with Crippen molar-refractivity contribution in [1.29, 1.82) is 0 Å². The first-order chi connectivity index (χ1) is 8.29. The van der Waals surface area contributed by atoms with Crippen LogP contribution < -0.4 is 0 Å². The molecule has 1 aromatic carbocycles. The highest BCUT2D eigenvalue weighted by molar-refractivity contribution is 9.10. The van der Waals surface area contributed by atoms with Crippen LogP contribution in [-0.4, -0.2) is 9.78 Å². The molecule has 0 unspecified atom stereocenters. The zero-order chi connectivity index (χ0) is 11.8. The van der Waals surface area contributed by atoms with Crippen LogP contribution in [0.1, 0.15) is 37.1 Å². The number of para-hydroxylation sites is 1. The molecule has 88 valence electrons. The molecule has 0 aliphatic heterocycles. The molecule has 0 atom stereocenters. The van der Waals surface area contributed by atoms with E-state index in [1.165, 1.54) is 24.2 Å². The second-order valence-electron chi connectivity index (χ2n) is 4.55. The minimum absolute atomic E-state index is 0.718. The Morgan fingerprint density at radius 1 is 1.35 bits per heavy atom. The van der Waals surface area contributed by atoms with Crippen molar-refractivity contribution in [2.45, 2.75) is 32.1 Å². The molecule has 1 aromatic heterocycles. The number of hydrogen-bond donors (Lipinski definition) is 0. The summed E-state index contributed by atoms with van der Waals surface area (Å²) in [5, 5.41) is 4.71. The van der Waals surface area contributed by atoms with Gasteiger partial charge in [-0.2, -0.15) is 5.10 Å². The van der Waals surface area contributed by atoms with E-state index < -0.39 is 0 Å². The maximum absolute atomic E-state index is 4.71. The average Bonchev–Trinajstić information content (AvgIpc) is 3.10. The molecule has 1 aliphatic rings. The summed E-state index contributed by atoms with van der Waals surface area (Å²) in [6, 6.07) is 10.5. The Kier molecular flexibility index (Phi) is 2.79. The predicted octanol–water partition coefficient (Wildman–Crippen LogP) is 4.07. The van der Waals surface area contributed by atoms with Gasteiger partial charge in [0, 0.05) is 16.1 Å². The first-order valence-corrected chi connectivity index (χ1v) is 6.92. The first-order valence-electron chi connectivity index (χ1n) is 6.13. The number of benzene rings is 1. The van der Waals surface area contributed by atoms with Gasteiger partial charge in [0.2, 0.25) is 0 Å². The molecule has 1 saturated carbocycles. The number of aromatic nitrogens is 2. The van der Waals surface area contributed by atoms with Crippen LogP contribution in [0.25, 0.3) is 5.69 Å². The van der Waals surface area contributed by atoms with Gasteiger partial charge in [0.05, 0.1) is 11.4 Å². The van der Waals surface area contributed by atoms with Crippen molar-refractivity contribution in [1.82, 2.24) is 9.78 Å². The lowest BCUT2D eigenvalue weighted by Crippen LogP contribution is -2.02. The number of rotatable bonds is 3. The number of halogens is 1. The maximum atomic E-state index is 4.71. The van der Waals surface area contributed by atoms with Crippen LogP contribution in [0.5, 0.6) is 0 Å². The van der Waals surface area contributed by atoms with Crippen LogP contribution in [-0.2, 0) is 6.42 Å². The molecule has 3 rings (SSSR count). The standard InChI is InChI=1S/C14H15BrN2/c1-2-11-9-14(10-7-8-10)17(16-11)13-6-4-3-5-12(13)15/h3-6,9-10H,2,7-8H2,1H3. The third-order valence-corrected chi connectivity index (χ3v) is 3.90. The fraction of sp³-hybridized carbons (Fsp3) is 0.357. The summed E-state index contributed by atoms with van der Waals surface area (Å²) < 4.78 is 3.22. The van der Waals surface area contributed by atoms with Gasteiger partial charge in [0.25, 0.3) is 0 Å². The van der Waals surface area contributed by atoms with Gasteiger partial charge in [-0.3, -0.25) is 0 Å². The summed E-state index contributed by atoms with van der Waals surface area (Å²) in [4.78, 5) is 0. The highest BCUT2D eigenvalue weighted by atomic mass is 79.9. The summed E-state index contributed by atoms with van der Waals surface area (Å²) in [6.45, 7) is 2.16. The van der Waals surface area contributed by atoms with Crippen molar-refractivity contribution in [3.63, 3.8) is 0 Å². The fourth-order valence-electron chi connectivity index (χ4n) is 2.11. The Labute approximate surface area is 110 Å². The third kappa shape index (κ3) is 2.04. The lowest BCUT2D eigenvalue weighted by atomic mass is 10.2. The molecule has 0 bridgehead atoms. The average molecular weight is 291 g/mol. The van der Waals surface area contributed by atoms with Crippen LogP contribution in [0, 0.1) is 0 Å². The monoisotopic (exact) mass is 290 g/mol. The van der Waals surface area contributed by atoms with E-state index in [1.54, 1.807) is 0 Å². The van der Waals surface area contributed by atoms with Crippen LogP contribution in [0.2, 0.25) is 0 Å². The van der Waals surface area contributed by atoms with E-state index in [0.29, 0.717) is 0 Å². The van der Waals surface area contributed by atoms with E-state index in [-0.39, 0.29) is 0 Å². The number of nitrogens with zero attached hydrogens (tertiary/aromatic N) is 2. The smallest absolute Gasteiger partial charge is 0.0790 e. The highest BCUT2D eigenvalue weighted by Crippen LogP contribution is 2.41. The summed E-state index contributed by atoms with van der Waals surface area (Å²) in [7, 11) is 0. The first kappa shape index (κ1) is 11.0. The summed E-state index contributed by atoms with van der Waals surface area (Å²) in [5.74, 6) is 0.718. The second-order valence-corrected chi connectivity index (χ2v) is 5.41. The van der Waals surface area contributed by atoms with Gasteiger partial charge in [-0.05, 0) is 53.4 Å². The SMILES string of the molecule is CCc1cc(C2CC2)n(-c2ccccc2Br)n1. The van der Waals surface area contributed by atoms with Gasteiger partial charge < -0.3 is 0 Å².